The Morgan fingerprint density at radius 3 is 2.44 bits per heavy atom. The first kappa shape index (κ1) is 11.0. The molecule has 0 aliphatic rings. The molecule has 2 aromatic carbocycles. The molecule has 1 atom stereocenters. The van der Waals surface area contributed by atoms with Crippen LogP contribution in [0.15, 0.2) is 36.4 Å². The lowest BCUT2D eigenvalue weighted by molar-refractivity contribution is 0.477. The van der Waals surface area contributed by atoms with E-state index in [4.69, 9.17) is 5.73 Å². The van der Waals surface area contributed by atoms with Gasteiger partial charge in [-0.05, 0) is 30.4 Å². The SMILES string of the molecule is CCC(C)(N)c1cccc2c(O)cccc12. The Kier molecular flexibility index (Phi) is 2.60. The van der Waals surface area contributed by atoms with Crippen LogP contribution in [0.5, 0.6) is 5.75 Å². The van der Waals surface area contributed by atoms with Crippen molar-refractivity contribution in [3.63, 3.8) is 0 Å². The molecule has 84 valence electrons. The number of phenolic OH excluding ortho intramolecular Hbond substituents is 1. The van der Waals surface area contributed by atoms with Crippen LogP contribution in [0.25, 0.3) is 10.8 Å². The van der Waals surface area contributed by atoms with Gasteiger partial charge in [-0.3, -0.25) is 0 Å². The van der Waals surface area contributed by atoms with Crippen molar-refractivity contribution in [2.24, 2.45) is 5.73 Å². The van der Waals surface area contributed by atoms with Gasteiger partial charge in [0.2, 0.25) is 0 Å². The van der Waals surface area contributed by atoms with Crippen molar-refractivity contribution in [2.45, 2.75) is 25.8 Å². The lowest BCUT2D eigenvalue weighted by atomic mass is 9.86. The van der Waals surface area contributed by atoms with Crippen molar-refractivity contribution < 1.29 is 5.11 Å². The summed E-state index contributed by atoms with van der Waals surface area (Å²) >= 11 is 0. The summed E-state index contributed by atoms with van der Waals surface area (Å²) in [7, 11) is 0. The standard InChI is InChI=1S/C14H17NO/c1-3-14(2,15)12-8-4-7-11-10(12)6-5-9-13(11)16/h4-9,16H,3,15H2,1-2H3. The zero-order chi connectivity index (χ0) is 11.8. The van der Waals surface area contributed by atoms with Gasteiger partial charge < -0.3 is 10.8 Å². The highest BCUT2D eigenvalue weighted by Gasteiger charge is 2.21. The molecule has 3 N–H and O–H groups in total. The molecule has 0 aliphatic carbocycles. The van der Waals surface area contributed by atoms with Crippen LogP contribution >= 0.6 is 0 Å². The van der Waals surface area contributed by atoms with Crippen molar-refractivity contribution in [3.8, 4) is 5.75 Å². The van der Waals surface area contributed by atoms with Gasteiger partial charge in [-0.1, -0.05) is 37.3 Å². The van der Waals surface area contributed by atoms with E-state index in [2.05, 4.69) is 6.92 Å². The number of hydrogen-bond donors (Lipinski definition) is 2. The Labute approximate surface area is 95.7 Å². The molecule has 0 aromatic heterocycles. The van der Waals surface area contributed by atoms with E-state index in [1.807, 2.05) is 37.3 Å². The second-order valence-corrected chi connectivity index (χ2v) is 4.45. The first-order chi connectivity index (χ1) is 7.56. The first-order valence-corrected chi connectivity index (χ1v) is 5.56. The van der Waals surface area contributed by atoms with Crippen molar-refractivity contribution in [3.05, 3.63) is 42.0 Å². The number of nitrogens with two attached hydrogens (primary N) is 1. The molecule has 0 saturated heterocycles. The summed E-state index contributed by atoms with van der Waals surface area (Å²) in [5.41, 5.74) is 7.00. The molecule has 0 fully saturated rings. The Hall–Kier alpha value is -1.54. The zero-order valence-electron chi connectivity index (χ0n) is 9.70. The monoisotopic (exact) mass is 215 g/mol. The molecule has 0 aliphatic heterocycles. The van der Waals surface area contributed by atoms with Crippen LogP contribution in [0.3, 0.4) is 0 Å². The number of hydrogen-bond acceptors (Lipinski definition) is 2. The normalized spacial score (nSPS) is 14.9. The van der Waals surface area contributed by atoms with E-state index in [1.54, 1.807) is 6.07 Å². The van der Waals surface area contributed by atoms with Gasteiger partial charge in [-0.2, -0.15) is 0 Å². The second-order valence-electron chi connectivity index (χ2n) is 4.45. The largest absolute Gasteiger partial charge is 0.507 e. The smallest absolute Gasteiger partial charge is 0.123 e. The Morgan fingerprint density at radius 2 is 1.75 bits per heavy atom. The number of aromatic hydroxyl groups is 1. The predicted octanol–water partition coefficient (Wildman–Crippen LogP) is 3.13. The average molecular weight is 215 g/mol. The van der Waals surface area contributed by atoms with E-state index in [1.165, 1.54) is 0 Å². The third kappa shape index (κ3) is 1.65. The van der Waals surface area contributed by atoms with Gasteiger partial charge in [0.25, 0.3) is 0 Å². The van der Waals surface area contributed by atoms with Crippen LogP contribution in [0.4, 0.5) is 0 Å². The number of benzene rings is 2. The maximum absolute atomic E-state index is 9.79. The van der Waals surface area contributed by atoms with Crippen LogP contribution in [-0.4, -0.2) is 5.11 Å². The van der Waals surface area contributed by atoms with E-state index in [-0.39, 0.29) is 5.54 Å². The Balaban J connectivity index is 2.77. The average Bonchev–Trinajstić information content (AvgIpc) is 2.29. The molecule has 0 saturated carbocycles. The van der Waals surface area contributed by atoms with Gasteiger partial charge in [0, 0.05) is 10.9 Å². The van der Waals surface area contributed by atoms with E-state index < -0.39 is 0 Å². The highest BCUT2D eigenvalue weighted by atomic mass is 16.3. The molecule has 0 bridgehead atoms. The first-order valence-electron chi connectivity index (χ1n) is 5.56. The van der Waals surface area contributed by atoms with Gasteiger partial charge in [0.1, 0.15) is 5.75 Å². The molecule has 2 rings (SSSR count). The molecular weight excluding hydrogens is 198 g/mol. The summed E-state index contributed by atoms with van der Waals surface area (Å²) in [5.74, 6) is 0.311. The highest BCUT2D eigenvalue weighted by molar-refractivity contribution is 5.91. The minimum absolute atomic E-state index is 0.311. The summed E-state index contributed by atoms with van der Waals surface area (Å²) in [5, 5.41) is 11.7. The molecule has 2 aromatic rings. The fraction of sp³-hybridized carbons (Fsp3) is 0.286. The maximum atomic E-state index is 9.79. The second kappa shape index (κ2) is 3.80. The summed E-state index contributed by atoms with van der Waals surface area (Å²) in [6.07, 6.45) is 0.863. The minimum Gasteiger partial charge on any atom is -0.507 e. The zero-order valence-corrected chi connectivity index (χ0v) is 9.70. The fourth-order valence-corrected chi connectivity index (χ4v) is 1.98. The summed E-state index contributed by atoms with van der Waals surface area (Å²) < 4.78 is 0. The van der Waals surface area contributed by atoms with Gasteiger partial charge in [-0.25, -0.2) is 0 Å². The lowest BCUT2D eigenvalue weighted by Crippen LogP contribution is -2.32. The Bertz CT molecular complexity index is 517. The van der Waals surface area contributed by atoms with Crippen molar-refractivity contribution >= 4 is 10.8 Å². The van der Waals surface area contributed by atoms with E-state index in [0.29, 0.717) is 5.75 Å². The summed E-state index contributed by atoms with van der Waals surface area (Å²) in [6.45, 7) is 4.09. The van der Waals surface area contributed by atoms with Crippen molar-refractivity contribution in [1.82, 2.24) is 0 Å². The molecule has 1 unspecified atom stereocenters. The quantitative estimate of drug-likeness (QED) is 0.808. The summed E-state index contributed by atoms with van der Waals surface area (Å²) in [6, 6.07) is 11.5. The molecule has 0 spiro atoms. The maximum Gasteiger partial charge on any atom is 0.123 e. The Morgan fingerprint density at radius 1 is 1.12 bits per heavy atom. The van der Waals surface area contributed by atoms with Crippen molar-refractivity contribution in [2.75, 3.05) is 0 Å². The molecule has 0 heterocycles. The van der Waals surface area contributed by atoms with Gasteiger partial charge in [0.15, 0.2) is 0 Å². The molecule has 0 radical (unpaired) electrons. The topological polar surface area (TPSA) is 46.2 Å². The van der Waals surface area contributed by atoms with Crippen molar-refractivity contribution in [1.29, 1.82) is 0 Å². The van der Waals surface area contributed by atoms with Crippen LogP contribution in [0.2, 0.25) is 0 Å². The van der Waals surface area contributed by atoms with Crippen LogP contribution in [0.1, 0.15) is 25.8 Å². The molecule has 2 nitrogen and oxygen atoms in total. The molecular formula is C14H17NO. The van der Waals surface area contributed by atoms with E-state index in [9.17, 15) is 5.11 Å². The number of fused-ring (bicyclic) bond motifs is 1. The van der Waals surface area contributed by atoms with Crippen LogP contribution in [-0.2, 0) is 5.54 Å². The summed E-state index contributed by atoms with van der Waals surface area (Å²) in [4.78, 5) is 0. The van der Waals surface area contributed by atoms with Crippen LogP contribution < -0.4 is 5.73 Å². The third-order valence-electron chi connectivity index (χ3n) is 3.25. The third-order valence-corrected chi connectivity index (χ3v) is 3.25. The van der Waals surface area contributed by atoms with Gasteiger partial charge in [-0.15, -0.1) is 0 Å². The van der Waals surface area contributed by atoms with Gasteiger partial charge >= 0.3 is 0 Å². The molecule has 2 heteroatoms. The van der Waals surface area contributed by atoms with E-state index in [0.717, 1.165) is 22.8 Å². The van der Waals surface area contributed by atoms with Crippen LogP contribution in [0, 0.1) is 0 Å². The van der Waals surface area contributed by atoms with Gasteiger partial charge in [0.05, 0.1) is 0 Å². The van der Waals surface area contributed by atoms with E-state index >= 15 is 0 Å². The highest BCUT2D eigenvalue weighted by Crippen LogP contribution is 2.32. The number of rotatable bonds is 2. The minimum atomic E-state index is -0.354. The number of phenols is 1. The predicted molar refractivity (Wildman–Crippen MR) is 67.4 cm³/mol. The fourth-order valence-electron chi connectivity index (χ4n) is 1.98. The molecule has 16 heavy (non-hydrogen) atoms. The molecule has 0 amide bonds. The lowest BCUT2D eigenvalue weighted by Gasteiger charge is -2.25.